The lowest BCUT2D eigenvalue weighted by Gasteiger charge is -2.70. The van der Waals surface area contributed by atoms with E-state index in [1.165, 1.54) is 6.20 Å². The van der Waals surface area contributed by atoms with E-state index in [-0.39, 0.29) is 36.3 Å². The van der Waals surface area contributed by atoms with Gasteiger partial charge in [-0.3, -0.25) is 9.48 Å². The first-order valence-electron chi connectivity index (χ1n) is 11.5. The average Bonchev–Trinajstić information content (AvgIpc) is 3.19. The summed E-state index contributed by atoms with van der Waals surface area (Å²) in [5.41, 5.74) is -2.67. The molecule has 7 nitrogen and oxygen atoms in total. The quantitative estimate of drug-likeness (QED) is 0.404. The van der Waals surface area contributed by atoms with Crippen LogP contribution in [0.3, 0.4) is 0 Å². The van der Waals surface area contributed by atoms with Gasteiger partial charge in [0.15, 0.2) is 11.9 Å². The van der Waals surface area contributed by atoms with Crippen LogP contribution in [0.1, 0.15) is 55.8 Å². The number of carbonyl (C=O) groups is 1. The molecule has 37 heavy (non-hydrogen) atoms. The molecule has 1 amide bonds. The number of nitrogens with zero attached hydrogens (tertiary/aromatic N) is 2. The summed E-state index contributed by atoms with van der Waals surface area (Å²) >= 11 is 0. The maximum Gasteiger partial charge on any atom is 0.419 e. The second-order valence-corrected chi connectivity index (χ2v) is 9.94. The summed E-state index contributed by atoms with van der Waals surface area (Å²) in [4.78, 5) is 12.8. The third kappa shape index (κ3) is 4.82. The third-order valence-corrected chi connectivity index (χ3v) is 7.07. The molecule has 3 aliphatic carbocycles. The van der Waals surface area contributed by atoms with Crippen LogP contribution in [0.4, 0.5) is 30.7 Å². The van der Waals surface area contributed by atoms with Crippen LogP contribution < -0.4 is 14.8 Å². The van der Waals surface area contributed by atoms with E-state index in [0.29, 0.717) is 37.1 Å². The van der Waals surface area contributed by atoms with Crippen LogP contribution in [0.2, 0.25) is 0 Å². The summed E-state index contributed by atoms with van der Waals surface area (Å²) in [5, 5.41) is 17.4. The van der Waals surface area contributed by atoms with Crippen molar-refractivity contribution in [2.45, 2.75) is 74.2 Å². The Hall–Kier alpha value is -3.03. The molecule has 2 atom stereocenters. The first kappa shape index (κ1) is 25.6. The van der Waals surface area contributed by atoms with Gasteiger partial charge in [-0.2, -0.15) is 31.4 Å². The fourth-order valence-corrected chi connectivity index (χ4v) is 5.40. The number of carbonyl (C=O) groups excluding carboxylic acids is 1. The SMILES string of the molecule is O=C(NC12CC(n3cc(OCCCC(F)(F)F)cn3)(C1)C2)[C@H]1C[C@H](O)c2cc(C(F)(F)F)c(F)cc2O1. The number of aliphatic hydroxyl groups excluding tert-OH is 1. The molecule has 2 bridgehead atoms. The minimum absolute atomic E-state index is 0.101. The molecule has 202 valence electrons. The molecule has 2 heterocycles. The minimum atomic E-state index is -4.94. The van der Waals surface area contributed by atoms with Gasteiger partial charge >= 0.3 is 12.4 Å². The van der Waals surface area contributed by atoms with Gasteiger partial charge in [-0.25, -0.2) is 4.39 Å². The summed E-state index contributed by atoms with van der Waals surface area (Å²) in [6, 6.07) is 1.02. The van der Waals surface area contributed by atoms with Gasteiger partial charge in [0.2, 0.25) is 0 Å². The average molecular weight is 537 g/mol. The van der Waals surface area contributed by atoms with Crippen molar-refractivity contribution in [3.05, 3.63) is 41.5 Å². The van der Waals surface area contributed by atoms with E-state index in [9.17, 15) is 40.6 Å². The minimum Gasteiger partial charge on any atom is -0.490 e. The molecule has 2 N–H and O–H groups in total. The molecule has 1 aromatic carbocycles. The molecule has 14 heteroatoms. The monoisotopic (exact) mass is 537 g/mol. The van der Waals surface area contributed by atoms with Crippen molar-refractivity contribution < 1.29 is 50.1 Å². The van der Waals surface area contributed by atoms with Crippen LogP contribution in [0.25, 0.3) is 0 Å². The zero-order valence-electron chi connectivity index (χ0n) is 19.1. The highest BCUT2D eigenvalue weighted by molar-refractivity contribution is 5.83. The van der Waals surface area contributed by atoms with E-state index < -0.39 is 53.8 Å². The lowest BCUT2D eigenvalue weighted by atomic mass is 9.44. The van der Waals surface area contributed by atoms with Crippen LogP contribution in [0.5, 0.6) is 11.5 Å². The van der Waals surface area contributed by atoms with Crippen LogP contribution in [-0.4, -0.2) is 45.2 Å². The lowest BCUT2D eigenvalue weighted by Crippen LogP contribution is -2.79. The molecule has 3 fully saturated rings. The van der Waals surface area contributed by atoms with Crippen molar-refractivity contribution >= 4 is 5.91 Å². The van der Waals surface area contributed by atoms with Crippen LogP contribution in [-0.2, 0) is 16.5 Å². The maximum absolute atomic E-state index is 14.0. The Labute approximate surface area is 205 Å². The number of hydrogen-bond donors (Lipinski definition) is 2. The lowest BCUT2D eigenvalue weighted by molar-refractivity contribution is -0.165. The van der Waals surface area contributed by atoms with Crippen molar-refractivity contribution in [3.8, 4) is 11.5 Å². The number of hydrogen-bond acceptors (Lipinski definition) is 5. The molecule has 0 unspecified atom stereocenters. The molecule has 3 saturated carbocycles. The van der Waals surface area contributed by atoms with Gasteiger partial charge in [-0.05, 0) is 31.7 Å². The Morgan fingerprint density at radius 2 is 1.92 bits per heavy atom. The number of aliphatic hydroxyl groups is 1. The van der Waals surface area contributed by atoms with E-state index in [2.05, 4.69) is 10.4 Å². The molecule has 0 saturated heterocycles. The number of alkyl halides is 6. The Bertz CT molecular complexity index is 1190. The highest BCUT2D eigenvalue weighted by atomic mass is 19.4. The van der Waals surface area contributed by atoms with Gasteiger partial charge in [-0.1, -0.05) is 0 Å². The summed E-state index contributed by atoms with van der Waals surface area (Å²) < 4.78 is 102. The molecule has 6 rings (SSSR count). The standard InChI is InChI=1S/C23H22F7N3O4/c24-15-5-17-13(4-14(15)23(28,29)30)16(34)6-18(37-17)19(35)32-20-9-21(10-20,11-20)33-8-12(7-31-33)36-3-1-2-22(25,26)27/h4-5,7-8,16,18,34H,1-3,6,9-11H2,(H,32,35)/t16-,18+,20?,21?/m0/s1. The van der Waals surface area contributed by atoms with Crippen molar-refractivity contribution in [1.82, 2.24) is 15.1 Å². The fraction of sp³-hybridized carbons (Fsp3) is 0.565. The summed E-state index contributed by atoms with van der Waals surface area (Å²) in [6.45, 7) is -0.101. The normalized spacial score (nSPS) is 28.4. The second-order valence-electron chi connectivity index (χ2n) is 9.94. The second kappa shape index (κ2) is 8.50. The molecule has 2 aromatic rings. The summed E-state index contributed by atoms with van der Waals surface area (Å²) in [7, 11) is 0. The largest absolute Gasteiger partial charge is 0.490 e. The first-order valence-corrected chi connectivity index (χ1v) is 11.5. The highest BCUT2D eigenvalue weighted by Crippen LogP contribution is 2.65. The number of nitrogens with one attached hydrogen (secondary N) is 1. The molecule has 1 aromatic heterocycles. The smallest absolute Gasteiger partial charge is 0.419 e. The fourth-order valence-electron chi connectivity index (χ4n) is 5.40. The van der Waals surface area contributed by atoms with Gasteiger partial charge in [0.05, 0.1) is 36.2 Å². The summed E-state index contributed by atoms with van der Waals surface area (Å²) in [6.07, 6.45) is -8.67. The summed E-state index contributed by atoms with van der Waals surface area (Å²) in [5.74, 6) is -2.12. The van der Waals surface area contributed by atoms with E-state index in [0.717, 1.165) is 0 Å². The molecule has 0 spiro atoms. The number of benzene rings is 1. The van der Waals surface area contributed by atoms with Crippen molar-refractivity contribution in [2.24, 2.45) is 0 Å². The predicted molar refractivity (Wildman–Crippen MR) is 111 cm³/mol. The predicted octanol–water partition coefficient (Wildman–Crippen LogP) is 4.39. The van der Waals surface area contributed by atoms with Gasteiger partial charge < -0.3 is 19.9 Å². The van der Waals surface area contributed by atoms with Gasteiger partial charge in [0.25, 0.3) is 5.91 Å². The van der Waals surface area contributed by atoms with Crippen LogP contribution >= 0.6 is 0 Å². The van der Waals surface area contributed by atoms with Crippen molar-refractivity contribution in [3.63, 3.8) is 0 Å². The molecule has 0 radical (unpaired) electrons. The Morgan fingerprint density at radius 3 is 2.57 bits per heavy atom. The number of amides is 1. The van der Waals surface area contributed by atoms with Crippen LogP contribution in [0.15, 0.2) is 24.5 Å². The van der Waals surface area contributed by atoms with E-state index in [1.807, 2.05) is 0 Å². The molecule has 4 aliphatic rings. The van der Waals surface area contributed by atoms with E-state index in [4.69, 9.17) is 9.47 Å². The Kier molecular flexibility index (Phi) is 5.88. The number of rotatable bonds is 7. The van der Waals surface area contributed by atoms with Crippen molar-refractivity contribution in [2.75, 3.05) is 6.61 Å². The van der Waals surface area contributed by atoms with E-state index in [1.54, 1.807) is 10.9 Å². The van der Waals surface area contributed by atoms with Gasteiger partial charge in [0.1, 0.15) is 11.6 Å². The number of aromatic nitrogens is 2. The van der Waals surface area contributed by atoms with Gasteiger partial charge in [0, 0.05) is 30.0 Å². The Balaban J connectivity index is 1.15. The topological polar surface area (TPSA) is 85.6 Å². The van der Waals surface area contributed by atoms with Crippen LogP contribution in [0, 0.1) is 5.82 Å². The Morgan fingerprint density at radius 1 is 1.22 bits per heavy atom. The zero-order valence-corrected chi connectivity index (χ0v) is 19.1. The highest BCUT2D eigenvalue weighted by Gasteiger charge is 2.70. The molecular weight excluding hydrogens is 515 g/mol. The molecular formula is C23H22F7N3O4. The number of halogens is 7. The van der Waals surface area contributed by atoms with Gasteiger partial charge in [-0.15, -0.1) is 0 Å². The first-order chi connectivity index (χ1) is 17.2. The zero-order chi connectivity index (χ0) is 26.8. The molecule has 1 aliphatic heterocycles. The maximum atomic E-state index is 14.0. The number of ether oxygens (including phenoxy) is 2. The van der Waals surface area contributed by atoms with Crippen molar-refractivity contribution in [1.29, 1.82) is 0 Å². The number of fused-ring (bicyclic) bond motifs is 1. The van der Waals surface area contributed by atoms with E-state index >= 15 is 0 Å². The third-order valence-electron chi connectivity index (χ3n) is 7.07.